The molecule has 28 heavy (non-hydrogen) atoms. The van der Waals surface area contributed by atoms with Gasteiger partial charge in [-0.1, -0.05) is 32.0 Å². The Morgan fingerprint density at radius 2 is 1.82 bits per heavy atom. The maximum Gasteiger partial charge on any atom is 0.248 e. The Balaban J connectivity index is 1.50. The standard InChI is InChI=1S/C24H32N2O2/c1-17-4-5-19(23(25)27)16-22(17)18-6-8-21(9-7-18)28-15-14-26-20-10-12-24(2,3)13-11-20/h4-9,16,20,26H,10-15H2,1-3H3,(H2,25,27). The smallest absolute Gasteiger partial charge is 0.248 e. The van der Waals surface area contributed by atoms with Gasteiger partial charge in [0, 0.05) is 18.2 Å². The summed E-state index contributed by atoms with van der Waals surface area (Å²) in [5, 5.41) is 3.62. The number of benzene rings is 2. The third-order valence-corrected chi connectivity index (χ3v) is 5.83. The Hall–Kier alpha value is -2.33. The van der Waals surface area contributed by atoms with Crippen molar-refractivity contribution in [2.24, 2.45) is 11.1 Å². The number of rotatable bonds is 7. The molecule has 1 fully saturated rings. The molecule has 1 aliphatic rings. The minimum Gasteiger partial charge on any atom is -0.492 e. The quantitative estimate of drug-likeness (QED) is 0.685. The number of nitrogens with two attached hydrogens (primary N) is 1. The lowest BCUT2D eigenvalue weighted by atomic mass is 9.75. The molecule has 0 heterocycles. The first kappa shape index (κ1) is 20.4. The second kappa shape index (κ2) is 8.78. The van der Waals surface area contributed by atoms with Crippen LogP contribution in [0.3, 0.4) is 0 Å². The molecule has 0 saturated heterocycles. The lowest BCUT2D eigenvalue weighted by Gasteiger charge is -2.34. The predicted molar refractivity (Wildman–Crippen MR) is 115 cm³/mol. The van der Waals surface area contributed by atoms with Crippen molar-refractivity contribution in [2.45, 2.75) is 52.5 Å². The van der Waals surface area contributed by atoms with E-state index in [2.05, 4.69) is 19.2 Å². The minimum absolute atomic E-state index is 0.407. The van der Waals surface area contributed by atoms with Crippen molar-refractivity contribution in [1.29, 1.82) is 0 Å². The van der Waals surface area contributed by atoms with E-state index >= 15 is 0 Å². The summed E-state index contributed by atoms with van der Waals surface area (Å²) in [6.45, 7) is 8.29. The van der Waals surface area contributed by atoms with Crippen molar-refractivity contribution in [3.8, 4) is 16.9 Å². The number of hydrogen-bond acceptors (Lipinski definition) is 3. The van der Waals surface area contributed by atoms with E-state index in [9.17, 15) is 4.79 Å². The molecule has 2 aromatic carbocycles. The molecule has 1 saturated carbocycles. The number of aryl methyl sites for hydroxylation is 1. The number of nitrogens with one attached hydrogen (secondary N) is 1. The zero-order chi connectivity index (χ0) is 20.1. The van der Waals surface area contributed by atoms with Gasteiger partial charge in [0.2, 0.25) is 5.91 Å². The van der Waals surface area contributed by atoms with Gasteiger partial charge in [-0.2, -0.15) is 0 Å². The summed E-state index contributed by atoms with van der Waals surface area (Å²) in [7, 11) is 0. The van der Waals surface area contributed by atoms with Crippen molar-refractivity contribution < 1.29 is 9.53 Å². The Bertz CT molecular complexity index is 802. The van der Waals surface area contributed by atoms with Crippen LogP contribution in [-0.2, 0) is 0 Å². The highest BCUT2D eigenvalue weighted by molar-refractivity contribution is 5.94. The van der Waals surface area contributed by atoms with E-state index in [1.54, 1.807) is 6.07 Å². The van der Waals surface area contributed by atoms with Crippen LogP contribution in [0.15, 0.2) is 42.5 Å². The van der Waals surface area contributed by atoms with E-state index in [1.165, 1.54) is 25.7 Å². The number of carbonyl (C=O) groups excluding carboxylic acids is 1. The fourth-order valence-electron chi connectivity index (χ4n) is 3.85. The van der Waals surface area contributed by atoms with Crippen LogP contribution < -0.4 is 15.8 Å². The second-order valence-electron chi connectivity index (χ2n) is 8.66. The van der Waals surface area contributed by atoms with E-state index in [0.717, 1.165) is 29.0 Å². The van der Waals surface area contributed by atoms with Gasteiger partial charge in [0.1, 0.15) is 12.4 Å². The summed E-state index contributed by atoms with van der Waals surface area (Å²) in [5.74, 6) is 0.453. The van der Waals surface area contributed by atoms with E-state index in [1.807, 2.05) is 43.3 Å². The van der Waals surface area contributed by atoms with Crippen LogP contribution in [0.25, 0.3) is 11.1 Å². The molecule has 2 aromatic rings. The van der Waals surface area contributed by atoms with Crippen molar-refractivity contribution in [2.75, 3.05) is 13.2 Å². The van der Waals surface area contributed by atoms with Crippen LogP contribution in [0.5, 0.6) is 5.75 Å². The van der Waals surface area contributed by atoms with Gasteiger partial charge in [0.25, 0.3) is 0 Å². The molecular weight excluding hydrogens is 348 g/mol. The lowest BCUT2D eigenvalue weighted by Crippen LogP contribution is -2.37. The number of amides is 1. The van der Waals surface area contributed by atoms with Crippen molar-refractivity contribution in [1.82, 2.24) is 5.32 Å². The van der Waals surface area contributed by atoms with Gasteiger partial charge >= 0.3 is 0 Å². The van der Waals surface area contributed by atoms with Crippen molar-refractivity contribution in [3.63, 3.8) is 0 Å². The molecule has 4 heteroatoms. The average Bonchev–Trinajstić information content (AvgIpc) is 2.67. The molecule has 0 unspecified atom stereocenters. The van der Waals surface area contributed by atoms with E-state index < -0.39 is 5.91 Å². The molecule has 150 valence electrons. The fourth-order valence-corrected chi connectivity index (χ4v) is 3.85. The van der Waals surface area contributed by atoms with Crippen LogP contribution in [0, 0.1) is 12.3 Å². The second-order valence-corrected chi connectivity index (χ2v) is 8.66. The highest BCUT2D eigenvalue weighted by Gasteiger charge is 2.26. The Morgan fingerprint density at radius 3 is 2.46 bits per heavy atom. The average molecular weight is 381 g/mol. The maximum absolute atomic E-state index is 11.4. The Morgan fingerprint density at radius 1 is 1.14 bits per heavy atom. The summed E-state index contributed by atoms with van der Waals surface area (Å²) in [5.41, 5.74) is 9.62. The summed E-state index contributed by atoms with van der Waals surface area (Å²) in [4.78, 5) is 11.4. The molecule has 1 amide bonds. The SMILES string of the molecule is Cc1ccc(C(N)=O)cc1-c1ccc(OCCNC2CCC(C)(C)CC2)cc1. The molecule has 3 N–H and O–H groups in total. The predicted octanol–water partition coefficient (Wildman–Crippen LogP) is 4.70. The first-order valence-corrected chi connectivity index (χ1v) is 10.2. The van der Waals surface area contributed by atoms with E-state index in [4.69, 9.17) is 10.5 Å². The van der Waals surface area contributed by atoms with Gasteiger partial charge in [0.05, 0.1) is 0 Å². The Kier molecular flexibility index (Phi) is 6.40. The topological polar surface area (TPSA) is 64.4 Å². The molecule has 0 radical (unpaired) electrons. The first-order chi connectivity index (χ1) is 13.3. The monoisotopic (exact) mass is 380 g/mol. The van der Waals surface area contributed by atoms with Crippen LogP contribution in [0.1, 0.15) is 55.5 Å². The highest BCUT2D eigenvalue weighted by atomic mass is 16.5. The molecule has 4 nitrogen and oxygen atoms in total. The number of primary amides is 1. The van der Waals surface area contributed by atoms with Crippen LogP contribution in [-0.4, -0.2) is 25.1 Å². The summed E-state index contributed by atoms with van der Waals surface area (Å²) in [6.07, 6.45) is 5.10. The molecule has 0 bridgehead atoms. The molecule has 0 aliphatic heterocycles. The van der Waals surface area contributed by atoms with Gasteiger partial charge in [-0.05, 0) is 79.0 Å². The number of carbonyl (C=O) groups is 1. The summed E-state index contributed by atoms with van der Waals surface area (Å²) < 4.78 is 5.88. The van der Waals surface area contributed by atoms with Gasteiger partial charge < -0.3 is 15.8 Å². The lowest BCUT2D eigenvalue weighted by molar-refractivity contribution is 0.100. The molecule has 0 spiro atoms. The molecule has 0 aromatic heterocycles. The van der Waals surface area contributed by atoms with E-state index in [-0.39, 0.29) is 0 Å². The highest BCUT2D eigenvalue weighted by Crippen LogP contribution is 2.35. The Labute approximate surface area is 168 Å². The fraction of sp³-hybridized carbons (Fsp3) is 0.458. The molecule has 1 aliphatic carbocycles. The third kappa shape index (κ3) is 5.35. The van der Waals surface area contributed by atoms with Crippen molar-refractivity contribution in [3.05, 3.63) is 53.6 Å². The van der Waals surface area contributed by atoms with Crippen molar-refractivity contribution >= 4 is 5.91 Å². The number of ether oxygens (including phenoxy) is 1. The minimum atomic E-state index is -0.407. The van der Waals surface area contributed by atoms with Gasteiger partial charge in [-0.3, -0.25) is 4.79 Å². The molecule has 3 rings (SSSR count). The normalized spacial score (nSPS) is 16.7. The largest absolute Gasteiger partial charge is 0.492 e. The maximum atomic E-state index is 11.4. The first-order valence-electron chi connectivity index (χ1n) is 10.2. The van der Waals surface area contributed by atoms with Gasteiger partial charge in [-0.25, -0.2) is 0 Å². The van der Waals surface area contributed by atoms with Crippen LogP contribution in [0.4, 0.5) is 0 Å². The summed E-state index contributed by atoms with van der Waals surface area (Å²) >= 11 is 0. The molecule has 0 atom stereocenters. The zero-order valence-electron chi connectivity index (χ0n) is 17.3. The number of hydrogen-bond donors (Lipinski definition) is 2. The summed E-state index contributed by atoms with van der Waals surface area (Å²) in [6, 6.07) is 14.2. The van der Waals surface area contributed by atoms with Crippen LogP contribution in [0.2, 0.25) is 0 Å². The van der Waals surface area contributed by atoms with Crippen LogP contribution >= 0.6 is 0 Å². The van der Waals surface area contributed by atoms with Gasteiger partial charge in [-0.15, -0.1) is 0 Å². The third-order valence-electron chi connectivity index (χ3n) is 5.83. The zero-order valence-corrected chi connectivity index (χ0v) is 17.3. The van der Waals surface area contributed by atoms with E-state index in [0.29, 0.717) is 23.6 Å². The molecular formula is C24H32N2O2. The van der Waals surface area contributed by atoms with Gasteiger partial charge in [0.15, 0.2) is 0 Å².